The van der Waals surface area contributed by atoms with Crippen LogP contribution in [-0.4, -0.2) is 10.9 Å². The molecule has 0 atom stereocenters. The van der Waals surface area contributed by atoms with E-state index in [2.05, 4.69) is 26.2 Å². The van der Waals surface area contributed by atoms with Gasteiger partial charge >= 0.3 is 0 Å². The van der Waals surface area contributed by atoms with Gasteiger partial charge in [-0.25, -0.2) is 4.98 Å². The topological polar surface area (TPSA) is 42.0 Å². The fourth-order valence-corrected chi connectivity index (χ4v) is 2.02. The van der Waals surface area contributed by atoms with Crippen molar-refractivity contribution in [1.29, 1.82) is 0 Å². The fraction of sp³-hybridized carbons (Fsp3) is 0.0769. The molecule has 1 N–H and O–H groups in total. The zero-order chi connectivity index (χ0) is 13.1. The Morgan fingerprint density at radius 1 is 1.39 bits per heavy atom. The number of pyridine rings is 1. The van der Waals surface area contributed by atoms with E-state index in [4.69, 9.17) is 11.6 Å². The van der Waals surface area contributed by atoms with Crippen LogP contribution in [0.5, 0.6) is 0 Å². The minimum absolute atomic E-state index is 0.222. The monoisotopic (exact) mass is 324 g/mol. The molecule has 1 heterocycles. The van der Waals surface area contributed by atoms with E-state index in [9.17, 15) is 4.79 Å². The molecule has 1 aromatic heterocycles. The molecule has 0 bridgehead atoms. The number of amides is 1. The fourth-order valence-electron chi connectivity index (χ4n) is 1.51. The Balaban J connectivity index is 2.25. The molecule has 2 rings (SSSR count). The third kappa shape index (κ3) is 2.89. The van der Waals surface area contributed by atoms with Crippen molar-refractivity contribution in [2.45, 2.75) is 6.92 Å². The number of rotatable bonds is 2. The van der Waals surface area contributed by atoms with Gasteiger partial charge in [-0.1, -0.05) is 33.6 Å². The predicted molar refractivity (Wildman–Crippen MR) is 76.1 cm³/mol. The van der Waals surface area contributed by atoms with Gasteiger partial charge in [-0.15, -0.1) is 0 Å². The summed E-state index contributed by atoms with van der Waals surface area (Å²) >= 11 is 9.30. The van der Waals surface area contributed by atoms with E-state index in [1.54, 1.807) is 36.5 Å². The molecule has 0 saturated heterocycles. The molecule has 3 nitrogen and oxygen atoms in total. The first kappa shape index (κ1) is 13.1. The molecule has 0 aliphatic heterocycles. The van der Waals surface area contributed by atoms with Crippen LogP contribution in [0.25, 0.3) is 0 Å². The lowest BCUT2D eigenvalue weighted by Crippen LogP contribution is -2.14. The smallest absolute Gasteiger partial charge is 0.257 e. The summed E-state index contributed by atoms with van der Waals surface area (Å²) in [5, 5.41) is 3.30. The van der Waals surface area contributed by atoms with Crippen molar-refractivity contribution < 1.29 is 4.79 Å². The zero-order valence-corrected chi connectivity index (χ0v) is 11.9. The second-order valence-electron chi connectivity index (χ2n) is 3.73. The zero-order valence-electron chi connectivity index (χ0n) is 9.58. The summed E-state index contributed by atoms with van der Waals surface area (Å²) in [6, 6.07) is 8.76. The molecule has 0 aliphatic rings. The third-order valence-corrected chi connectivity index (χ3v) is 3.38. The SMILES string of the molecule is Cc1c(Cl)cccc1C(=O)Nc1cc(Br)ccn1. The molecule has 0 spiro atoms. The van der Waals surface area contributed by atoms with Gasteiger partial charge in [-0.05, 0) is 36.8 Å². The number of carbonyl (C=O) groups is 1. The van der Waals surface area contributed by atoms with Gasteiger partial charge in [0.2, 0.25) is 0 Å². The molecular formula is C13H10BrClN2O. The van der Waals surface area contributed by atoms with Crippen LogP contribution < -0.4 is 5.32 Å². The third-order valence-electron chi connectivity index (χ3n) is 2.48. The number of hydrogen-bond donors (Lipinski definition) is 1. The van der Waals surface area contributed by atoms with E-state index in [0.29, 0.717) is 16.4 Å². The van der Waals surface area contributed by atoms with Crippen LogP contribution in [0, 0.1) is 6.92 Å². The number of nitrogens with zero attached hydrogens (tertiary/aromatic N) is 1. The molecule has 1 aromatic carbocycles. The summed E-state index contributed by atoms with van der Waals surface area (Å²) in [5.41, 5.74) is 1.30. The molecule has 18 heavy (non-hydrogen) atoms. The molecule has 0 fully saturated rings. The van der Waals surface area contributed by atoms with E-state index < -0.39 is 0 Å². The average Bonchev–Trinajstić information content (AvgIpc) is 2.32. The Labute approximate surface area is 118 Å². The summed E-state index contributed by atoms with van der Waals surface area (Å²) in [4.78, 5) is 16.1. The lowest BCUT2D eigenvalue weighted by Gasteiger charge is -2.08. The van der Waals surface area contributed by atoms with Gasteiger partial charge in [-0.3, -0.25) is 4.79 Å². The van der Waals surface area contributed by atoms with Crippen LogP contribution in [0.4, 0.5) is 5.82 Å². The molecule has 0 aliphatic carbocycles. The highest BCUT2D eigenvalue weighted by Gasteiger charge is 2.11. The number of benzene rings is 1. The van der Waals surface area contributed by atoms with Gasteiger partial charge < -0.3 is 5.32 Å². The van der Waals surface area contributed by atoms with E-state index in [-0.39, 0.29) is 5.91 Å². The van der Waals surface area contributed by atoms with Crippen LogP contribution in [0.2, 0.25) is 5.02 Å². The summed E-state index contributed by atoms with van der Waals surface area (Å²) < 4.78 is 0.857. The maximum absolute atomic E-state index is 12.1. The van der Waals surface area contributed by atoms with Crippen molar-refractivity contribution in [1.82, 2.24) is 4.98 Å². The molecule has 2 aromatic rings. The van der Waals surface area contributed by atoms with E-state index in [1.807, 2.05) is 6.92 Å². The predicted octanol–water partition coefficient (Wildman–Crippen LogP) is 4.06. The first-order valence-corrected chi connectivity index (χ1v) is 6.43. The number of hydrogen-bond acceptors (Lipinski definition) is 2. The van der Waals surface area contributed by atoms with Crippen LogP contribution in [0.15, 0.2) is 41.0 Å². The van der Waals surface area contributed by atoms with E-state index >= 15 is 0 Å². The Bertz CT molecular complexity index is 601. The Morgan fingerprint density at radius 3 is 2.89 bits per heavy atom. The second kappa shape index (κ2) is 5.50. The van der Waals surface area contributed by atoms with Crippen LogP contribution in [0.1, 0.15) is 15.9 Å². The summed E-state index contributed by atoms with van der Waals surface area (Å²) in [7, 11) is 0. The summed E-state index contributed by atoms with van der Waals surface area (Å²) in [6.07, 6.45) is 1.62. The van der Waals surface area contributed by atoms with Crippen molar-refractivity contribution >= 4 is 39.3 Å². The van der Waals surface area contributed by atoms with Gasteiger partial charge in [-0.2, -0.15) is 0 Å². The van der Waals surface area contributed by atoms with Crippen molar-refractivity contribution in [2.24, 2.45) is 0 Å². The first-order chi connectivity index (χ1) is 8.58. The van der Waals surface area contributed by atoms with Crippen LogP contribution in [-0.2, 0) is 0 Å². The molecule has 92 valence electrons. The van der Waals surface area contributed by atoms with Gasteiger partial charge in [0.25, 0.3) is 5.91 Å². The maximum atomic E-state index is 12.1. The van der Waals surface area contributed by atoms with E-state index in [0.717, 1.165) is 10.0 Å². The number of halogens is 2. The van der Waals surface area contributed by atoms with Crippen LogP contribution >= 0.6 is 27.5 Å². The summed E-state index contributed by atoms with van der Waals surface area (Å²) in [6.45, 7) is 1.81. The Hall–Kier alpha value is -1.39. The maximum Gasteiger partial charge on any atom is 0.257 e. The minimum atomic E-state index is -0.222. The van der Waals surface area contributed by atoms with Gasteiger partial charge in [0, 0.05) is 21.3 Å². The number of aromatic nitrogens is 1. The lowest BCUT2D eigenvalue weighted by atomic mass is 10.1. The number of carbonyl (C=O) groups excluding carboxylic acids is 1. The second-order valence-corrected chi connectivity index (χ2v) is 5.05. The standard InChI is InChI=1S/C13H10BrClN2O/c1-8-10(3-2-4-11(8)15)13(18)17-12-7-9(14)5-6-16-12/h2-7H,1H3,(H,16,17,18). The molecule has 1 amide bonds. The molecule has 0 unspecified atom stereocenters. The van der Waals surface area contributed by atoms with Crippen molar-refractivity contribution in [3.05, 3.63) is 57.2 Å². The van der Waals surface area contributed by atoms with E-state index in [1.165, 1.54) is 0 Å². The number of anilines is 1. The van der Waals surface area contributed by atoms with Crippen LogP contribution in [0.3, 0.4) is 0 Å². The molecule has 0 radical (unpaired) electrons. The van der Waals surface area contributed by atoms with Crippen molar-refractivity contribution in [3.8, 4) is 0 Å². The molecular weight excluding hydrogens is 316 g/mol. The highest BCUT2D eigenvalue weighted by Crippen LogP contribution is 2.20. The van der Waals surface area contributed by atoms with Crippen molar-refractivity contribution in [3.63, 3.8) is 0 Å². The highest BCUT2D eigenvalue weighted by molar-refractivity contribution is 9.10. The molecule has 0 saturated carbocycles. The highest BCUT2D eigenvalue weighted by atomic mass is 79.9. The van der Waals surface area contributed by atoms with Gasteiger partial charge in [0.05, 0.1) is 0 Å². The Morgan fingerprint density at radius 2 is 2.17 bits per heavy atom. The van der Waals surface area contributed by atoms with Gasteiger partial charge in [0.1, 0.15) is 5.82 Å². The number of nitrogens with one attached hydrogen (secondary N) is 1. The quantitative estimate of drug-likeness (QED) is 0.905. The lowest BCUT2D eigenvalue weighted by molar-refractivity contribution is 0.102. The van der Waals surface area contributed by atoms with Gasteiger partial charge in [0.15, 0.2) is 0 Å². The first-order valence-electron chi connectivity index (χ1n) is 5.26. The minimum Gasteiger partial charge on any atom is -0.307 e. The Kier molecular flexibility index (Phi) is 3.99. The van der Waals surface area contributed by atoms with Crippen molar-refractivity contribution in [2.75, 3.05) is 5.32 Å². The average molecular weight is 326 g/mol. The normalized spacial score (nSPS) is 10.2. The largest absolute Gasteiger partial charge is 0.307 e. The molecule has 5 heteroatoms. The summed E-state index contributed by atoms with van der Waals surface area (Å²) in [5.74, 6) is 0.273.